The van der Waals surface area contributed by atoms with Gasteiger partial charge in [0.25, 0.3) is 0 Å². The monoisotopic (exact) mass is 326 g/mol. The molecule has 126 valence electrons. The molecule has 0 unspecified atom stereocenters. The highest BCUT2D eigenvalue weighted by Crippen LogP contribution is 2.30. The van der Waals surface area contributed by atoms with Crippen molar-refractivity contribution in [3.05, 3.63) is 59.2 Å². The third-order valence-corrected chi connectivity index (χ3v) is 3.72. The maximum absolute atomic E-state index is 12.6. The molecule has 0 spiro atoms. The van der Waals surface area contributed by atoms with Crippen LogP contribution in [-0.2, 0) is 15.9 Å². The summed E-state index contributed by atoms with van der Waals surface area (Å²) in [5, 5.41) is 0. The van der Waals surface area contributed by atoms with Crippen LogP contribution in [0.25, 0.3) is 11.1 Å². The quantitative estimate of drug-likeness (QED) is 0.744. The van der Waals surface area contributed by atoms with Crippen molar-refractivity contribution in [2.24, 2.45) is 0 Å². The van der Waals surface area contributed by atoms with Crippen molar-refractivity contribution in [1.82, 2.24) is 0 Å². The summed E-state index contributed by atoms with van der Waals surface area (Å²) in [6.07, 6.45) is 0.621. The highest BCUT2D eigenvalue weighted by Gasteiger charge is 2.26. The molecule has 24 heavy (non-hydrogen) atoms. The Balaban J connectivity index is 2.74. The van der Waals surface area contributed by atoms with Gasteiger partial charge in [0.05, 0.1) is 24.3 Å². The second kappa shape index (κ2) is 8.29. The Morgan fingerprint density at radius 2 is 1.38 bits per heavy atom. The molecule has 0 bridgehead atoms. The highest BCUT2D eigenvalue weighted by atomic mass is 16.5. The van der Waals surface area contributed by atoms with E-state index in [-0.39, 0.29) is 18.8 Å². The van der Waals surface area contributed by atoms with Crippen molar-refractivity contribution in [3.63, 3.8) is 0 Å². The van der Waals surface area contributed by atoms with Gasteiger partial charge in [-0.05, 0) is 37.0 Å². The van der Waals surface area contributed by atoms with E-state index in [0.29, 0.717) is 17.5 Å². The third kappa shape index (κ3) is 3.65. The van der Waals surface area contributed by atoms with Crippen molar-refractivity contribution in [3.8, 4) is 11.1 Å². The van der Waals surface area contributed by atoms with E-state index in [1.54, 1.807) is 13.8 Å². The minimum Gasteiger partial charge on any atom is -0.462 e. The first kappa shape index (κ1) is 17.7. The van der Waals surface area contributed by atoms with E-state index in [4.69, 9.17) is 9.47 Å². The zero-order chi connectivity index (χ0) is 17.5. The van der Waals surface area contributed by atoms with E-state index in [9.17, 15) is 9.59 Å². The summed E-state index contributed by atoms with van der Waals surface area (Å²) in [5.41, 5.74) is 2.89. The van der Waals surface area contributed by atoms with Crippen LogP contribution in [0.5, 0.6) is 0 Å². The Hall–Kier alpha value is -2.62. The largest absolute Gasteiger partial charge is 0.462 e. The summed E-state index contributed by atoms with van der Waals surface area (Å²) in [6, 6.07) is 13.2. The van der Waals surface area contributed by atoms with Crippen molar-refractivity contribution in [2.45, 2.75) is 27.2 Å². The van der Waals surface area contributed by atoms with Crippen LogP contribution in [0.1, 0.15) is 47.1 Å². The fourth-order valence-corrected chi connectivity index (χ4v) is 2.65. The number of ether oxygens (including phenoxy) is 2. The maximum atomic E-state index is 12.6. The Kier molecular flexibility index (Phi) is 6.13. The Morgan fingerprint density at radius 3 is 1.92 bits per heavy atom. The fraction of sp³-hybridized carbons (Fsp3) is 0.300. The van der Waals surface area contributed by atoms with E-state index < -0.39 is 11.9 Å². The van der Waals surface area contributed by atoms with Crippen LogP contribution in [-0.4, -0.2) is 25.2 Å². The number of esters is 2. The molecule has 0 radical (unpaired) electrons. The molecule has 0 fully saturated rings. The van der Waals surface area contributed by atoms with Gasteiger partial charge in [-0.1, -0.05) is 49.4 Å². The Morgan fingerprint density at radius 1 is 0.792 bits per heavy atom. The van der Waals surface area contributed by atoms with Crippen LogP contribution in [0.3, 0.4) is 0 Å². The molecule has 0 saturated carbocycles. The summed E-state index contributed by atoms with van der Waals surface area (Å²) < 4.78 is 10.4. The first-order valence-corrected chi connectivity index (χ1v) is 8.19. The topological polar surface area (TPSA) is 52.6 Å². The maximum Gasteiger partial charge on any atom is 0.339 e. The zero-order valence-corrected chi connectivity index (χ0v) is 14.3. The van der Waals surface area contributed by atoms with Crippen molar-refractivity contribution >= 4 is 11.9 Å². The molecule has 2 aromatic carbocycles. The van der Waals surface area contributed by atoms with Gasteiger partial charge >= 0.3 is 11.9 Å². The smallest absolute Gasteiger partial charge is 0.339 e. The summed E-state index contributed by atoms with van der Waals surface area (Å²) >= 11 is 0. The van der Waals surface area contributed by atoms with Gasteiger partial charge in [0.15, 0.2) is 0 Å². The Bertz CT molecular complexity index is 720. The minimum absolute atomic E-state index is 0.242. The summed E-state index contributed by atoms with van der Waals surface area (Å²) in [4.78, 5) is 25.1. The number of carbonyl (C=O) groups is 2. The molecule has 2 aromatic rings. The predicted octanol–water partition coefficient (Wildman–Crippen LogP) is 4.27. The summed E-state index contributed by atoms with van der Waals surface area (Å²) in [6.45, 7) is 5.92. The molecular formula is C20H22O4. The summed E-state index contributed by atoms with van der Waals surface area (Å²) in [5.74, 6) is -0.995. The van der Waals surface area contributed by atoms with Gasteiger partial charge in [-0.15, -0.1) is 0 Å². The number of hydrogen-bond donors (Lipinski definition) is 0. The zero-order valence-electron chi connectivity index (χ0n) is 14.3. The molecule has 4 heteroatoms. The number of benzene rings is 2. The van der Waals surface area contributed by atoms with Gasteiger partial charge in [0.2, 0.25) is 0 Å². The number of rotatable bonds is 6. The molecule has 2 rings (SSSR count). The van der Waals surface area contributed by atoms with E-state index in [2.05, 4.69) is 0 Å². The van der Waals surface area contributed by atoms with Crippen molar-refractivity contribution < 1.29 is 19.1 Å². The minimum atomic E-state index is -0.505. The van der Waals surface area contributed by atoms with Gasteiger partial charge in [-0.25, -0.2) is 9.59 Å². The first-order chi connectivity index (χ1) is 11.6. The average molecular weight is 326 g/mol. The lowest BCUT2D eigenvalue weighted by atomic mass is 9.91. The SMILES string of the molecule is CCOC(=O)c1c(CC)ccc(-c2ccccc2)c1C(=O)OCC. The molecule has 0 atom stereocenters. The van der Waals surface area contributed by atoms with E-state index in [1.165, 1.54) is 0 Å². The van der Waals surface area contributed by atoms with Gasteiger partial charge < -0.3 is 9.47 Å². The normalized spacial score (nSPS) is 10.3. The third-order valence-electron chi connectivity index (χ3n) is 3.72. The van der Waals surface area contributed by atoms with Crippen LogP contribution < -0.4 is 0 Å². The second-order valence-corrected chi connectivity index (χ2v) is 5.18. The molecule has 0 aliphatic carbocycles. The standard InChI is InChI=1S/C20H22O4/c1-4-14-12-13-16(15-10-8-7-9-11-15)18(20(22)24-6-3)17(14)19(21)23-5-2/h7-13H,4-6H2,1-3H3. The Labute approximate surface area is 142 Å². The molecule has 4 nitrogen and oxygen atoms in total. The lowest BCUT2D eigenvalue weighted by molar-refractivity contribution is 0.0478. The van der Waals surface area contributed by atoms with Crippen LogP contribution in [0.2, 0.25) is 0 Å². The van der Waals surface area contributed by atoms with Gasteiger partial charge in [-0.2, -0.15) is 0 Å². The van der Waals surface area contributed by atoms with Crippen molar-refractivity contribution in [2.75, 3.05) is 13.2 Å². The lowest BCUT2D eigenvalue weighted by Gasteiger charge is -2.16. The van der Waals surface area contributed by atoms with Crippen LogP contribution >= 0.6 is 0 Å². The van der Waals surface area contributed by atoms with Gasteiger partial charge in [0.1, 0.15) is 0 Å². The van der Waals surface area contributed by atoms with Crippen LogP contribution in [0, 0.1) is 0 Å². The molecule has 0 saturated heterocycles. The molecule has 0 heterocycles. The van der Waals surface area contributed by atoms with Gasteiger partial charge in [0, 0.05) is 0 Å². The van der Waals surface area contributed by atoms with Gasteiger partial charge in [-0.3, -0.25) is 0 Å². The summed E-state index contributed by atoms with van der Waals surface area (Å²) in [7, 11) is 0. The van der Waals surface area contributed by atoms with E-state index in [0.717, 1.165) is 11.1 Å². The van der Waals surface area contributed by atoms with Crippen LogP contribution in [0.15, 0.2) is 42.5 Å². The first-order valence-electron chi connectivity index (χ1n) is 8.19. The predicted molar refractivity (Wildman–Crippen MR) is 93.2 cm³/mol. The highest BCUT2D eigenvalue weighted by molar-refractivity contribution is 6.08. The number of hydrogen-bond acceptors (Lipinski definition) is 4. The molecule has 0 aliphatic heterocycles. The van der Waals surface area contributed by atoms with E-state index >= 15 is 0 Å². The average Bonchev–Trinajstić information content (AvgIpc) is 2.61. The van der Waals surface area contributed by atoms with Crippen LogP contribution in [0.4, 0.5) is 0 Å². The molecule has 0 aromatic heterocycles. The lowest BCUT2D eigenvalue weighted by Crippen LogP contribution is -2.18. The van der Waals surface area contributed by atoms with E-state index in [1.807, 2.05) is 49.4 Å². The molecule has 0 amide bonds. The second-order valence-electron chi connectivity index (χ2n) is 5.18. The fourth-order valence-electron chi connectivity index (χ4n) is 2.65. The van der Waals surface area contributed by atoms with Crippen molar-refractivity contribution in [1.29, 1.82) is 0 Å². The number of aryl methyl sites for hydroxylation is 1. The molecule has 0 aliphatic rings. The molecular weight excluding hydrogens is 304 g/mol. The number of carbonyl (C=O) groups excluding carboxylic acids is 2. The molecule has 0 N–H and O–H groups in total.